The van der Waals surface area contributed by atoms with Crippen LogP contribution in [0.25, 0.3) is 0 Å². The van der Waals surface area contributed by atoms with Crippen LogP contribution in [0.2, 0.25) is 0 Å². The first-order chi connectivity index (χ1) is 7.48. The Balaban J connectivity index is 3.47. The normalized spacial score (nSPS) is 15.3. The summed E-state index contributed by atoms with van der Waals surface area (Å²) in [6.45, 7) is 6.41. The van der Waals surface area contributed by atoms with Gasteiger partial charge >= 0.3 is 0 Å². The minimum atomic E-state index is -2.80. The molecule has 0 aromatic carbocycles. The third-order valence-corrected chi connectivity index (χ3v) is 4.89. The molecule has 0 spiro atoms. The van der Waals surface area contributed by atoms with E-state index in [0.717, 1.165) is 19.3 Å². The van der Waals surface area contributed by atoms with E-state index in [1.54, 1.807) is 0 Å². The molecule has 0 radical (unpaired) electrons. The topological polar surface area (TPSA) is 37.3 Å². The van der Waals surface area contributed by atoms with Crippen LogP contribution < -0.4 is 0 Å². The van der Waals surface area contributed by atoms with Crippen molar-refractivity contribution in [3.63, 3.8) is 0 Å². The fourth-order valence-electron chi connectivity index (χ4n) is 1.71. The summed E-state index contributed by atoms with van der Waals surface area (Å²) < 4.78 is 11.8. The molecule has 0 saturated heterocycles. The molecule has 0 aliphatic carbocycles. The molecule has 0 aromatic heterocycles. The van der Waals surface area contributed by atoms with Crippen molar-refractivity contribution in [3.05, 3.63) is 0 Å². The Morgan fingerprint density at radius 2 is 1.56 bits per heavy atom. The Labute approximate surface area is 101 Å². The van der Waals surface area contributed by atoms with Crippen LogP contribution in [0, 0.1) is 5.92 Å². The van der Waals surface area contributed by atoms with E-state index in [-0.39, 0.29) is 0 Å². The highest BCUT2D eigenvalue weighted by Crippen LogP contribution is 2.42. The fraction of sp³-hybridized carbons (Fsp3) is 1.00. The zero-order valence-electron chi connectivity index (χ0n) is 11.2. The van der Waals surface area contributed by atoms with E-state index in [2.05, 4.69) is 20.8 Å². The molecule has 0 aliphatic rings. The highest BCUT2D eigenvalue weighted by atomic mass is 31.2. The third kappa shape index (κ3) is 10.7. The van der Waals surface area contributed by atoms with E-state index >= 15 is 0 Å². The zero-order chi connectivity index (χ0) is 12.4. The first-order valence-corrected chi connectivity index (χ1v) is 8.82. The van der Waals surface area contributed by atoms with Crippen molar-refractivity contribution in [2.24, 2.45) is 5.92 Å². The molecular weight excluding hydrogens is 219 g/mol. The standard InChI is InChI=1S/C13H29O2P/c1-4-5-6-7-8-9-11-16(14,15)12-10-13(2)3/h13H,4-12H2,1-3H3,(H,14,15). The molecule has 0 saturated carbocycles. The van der Waals surface area contributed by atoms with Gasteiger partial charge in [-0.2, -0.15) is 0 Å². The van der Waals surface area contributed by atoms with E-state index in [1.165, 1.54) is 25.7 Å². The lowest BCUT2D eigenvalue weighted by Gasteiger charge is -2.12. The Morgan fingerprint density at radius 3 is 2.12 bits per heavy atom. The summed E-state index contributed by atoms with van der Waals surface area (Å²) in [7, 11) is -2.80. The number of hydrogen-bond donors (Lipinski definition) is 1. The van der Waals surface area contributed by atoms with Crippen LogP contribution in [0.3, 0.4) is 0 Å². The molecule has 0 aromatic rings. The Hall–Kier alpha value is 0.190. The molecule has 1 unspecified atom stereocenters. The molecule has 1 atom stereocenters. The van der Waals surface area contributed by atoms with Gasteiger partial charge in [0.2, 0.25) is 7.37 Å². The van der Waals surface area contributed by atoms with Crippen LogP contribution in [0.4, 0.5) is 0 Å². The van der Waals surface area contributed by atoms with Gasteiger partial charge in [-0.3, -0.25) is 4.57 Å². The van der Waals surface area contributed by atoms with Gasteiger partial charge in [-0.25, -0.2) is 0 Å². The van der Waals surface area contributed by atoms with Gasteiger partial charge in [0.05, 0.1) is 0 Å². The van der Waals surface area contributed by atoms with Gasteiger partial charge in [-0.15, -0.1) is 0 Å². The summed E-state index contributed by atoms with van der Waals surface area (Å²) in [6, 6.07) is 0. The molecule has 1 N–H and O–H groups in total. The van der Waals surface area contributed by atoms with Crippen molar-refractivity contribution in [1.82, 2.24) is 0 Å². The molecule has 2 nitrogen and oxygen atoms in total. The minimum Gasteiger partial charge on any atom is -0.344 e. The molecule has 98 valence electrons. The predicted octanol–water partition coefficient (Wildman–Crippen LogP) is 4.66. The van der Waals surface area contributed by atoms with Gasteiger partial charge in [0.25, 0.3) is 0 Å². The van der Waals surface area contributed by atoms with Gasteiger partial charge in [0, 0.05) is 12.3 Å². The van der Waals surface area contributed by atoms with Gasteiger partial charge < -0.3 is 4.89 Å². The van der Waals surface area contributed by atoms with Crippen LogP contribution in [0.1, 0.15) is 65.7 Å². The van der Waals surface area contributed by atoms with Crippen molar-refractivity contribution in [2.45, 2.75) is 65.7 Å². The van der Waals surface area contributed by atoms with E-state index in [0.29, 0.717) is 18.2 Å². The summed E-state index contributed by atoms with van der Waals surface area (Å²) in [5.41, 5.74) is 0. The van der Waals surface area contributed by atoms with Crippen molar-refractivity contribution < 1.29 is 9.46 Å². The molecule has 0 amide bonds. The van der Waals surface area contributed by atoms with E-state index in [9.17, 15) is 9.46 Å². The molecule has 16 heavy (non-hydrogen) atoms. The monoisotopic (exact) mass is 248 g/mol. The maximum atomic E-state index is 11.8. The summed E-state index contributed by atoms with van der Waals surface area (Å²) in [5, 5.41) is 0. The highest BCUT2D eigenvalue weighted by Gasteiger charge is 2.17. The Morgan fingerprint density at radius 1 is 1.00 bits per heavy atom. The zero-order valence-corrected chi connectivity index (χ0v) is 12.1. The summed E-state index contributed by atoms with van der Waals surface area (Å²) in [4.78, 5) is 9.72. The maximum absolute atomic E-state index is 11.8. The Kier molecular flexibility index (Phi) is 9.35. The molecule has 0 fully saturated rings. The number of hydrogen-bond acceptors (Lipinski definition) is 1. The Bertz CT molecular complexity index is 202. The largest absolute Gasteiger partial charge is 0.344 e. The summed E-state index contributed by atoms with van der Waals surface area (Å²) >= 11 is 0. The average Bonchev–Trinajstić information content (AvgIpc) is 2.21. The molecule has 0 bridgehead atoms. The lowest BCUT2D eigenvalue weighted by molar-refractivity contribution is 0.465. The minimum absolute atomic E-state index is 0.514. The van der Waals surface area contributed by atoms with Gasteiger partial charge in [0.1, 0.15) is 0 Å². The van der Waals surface area contributed by atoms with Crippen molar-refractivity contribution in [2.75, 3.05) is 12.3 Å². The summed E-state index contributed by atoms with van der Waals surface area (Å²) in [6.07, 6.45) is 9.02. The fourth-order valence-corrected chi connectivity index (χ4v) is 3.57. The van der Waals surface area contributed by atoms with Crippen LogP contribution in [0.5, 0.6) is 0 Å². The van der Waals surface area contributed by atoms with E-state index in [4.69, 9.17) is 0 Å². The highest BCUT2D eigenvalue weighted by molar-refractivity contribution is 7.57. The van der Waals surface area contributed by atoms with Gasteiger partial charge in [-0.05, 0) is 18.8 Å². The lowest BCUT2D eigenvalue weighted by atomic mass is 10.1. The van der Waals surface area contributed by atoms with Crippen molar-refractivity contribution in [1.29, 1.82) is 0 Å². The van der Waals surface area contributed by atoms with Crippen molar-refractivity contribution >= 4 is 7.37 Å². The van der Waals surface area contributed by atoms with Crippen molar-refractivity contribution in [3.8, 4) is 0 Å². The SMILES string of the molecule is CCCCCCCCP(=O)(O)CCC(C)C. The third-order valence-electron chi connectivity index (χ3n) is 2.92. The molecule has 0 rings (SSSR count). The second-order valence-electron chi connectivity index (χ2n) is 5.24. The van der Waals surface area contributed by atoms with E-state index in [1.807, 2.05) is 0 Å². The average molecular weight is 248 g/mol. The second-order valence-corrected chi connectivity index (χ2v) is 7.83. The quantitative estimate of drug-likeness (QED) is 0.451. The van der Waals surface area contributed by atoms with Crippen LogP contribution in [0.15, 0.2) is 0 Å². The molecule has 3 heteroatoms. The predicted molar refractivity (Wildman–Crippen MR) is 72.4 cm³/mol. The van der Waals surface area contributed by atoms with Gasteiger partial charge in [0.15, 0.2) is 0 Å². The smallest absolute Gasteiger partial charge is 0.200 e. The number of rotatable bonds is 10. The van der Waals surface area contributed by atoms with Gasteiger partial charge in [-0.1, -0.05) is 52.9 Å². The molecule has 0 heterocycles. The second kappa shape index (κ2) is 9.24. The lowest BCUT2D eigenvalue weighted by Crippen LogP contribution is -1.99. The number of unbranched alkanes of at least 4 members (excludes halogenated alkanes) is 5. The molecular formula is C13H29O2P. The summed E-state index contributed by atoms with van der Waals surface area (Å²) in [5.74, 6) is 0.532. The maximum Gasteiger partial charge on any atom is 0.200 e. The van der Waals surface area contributed by atoms with E-state index < -0.39 is 7.37 Å². The first kappa shape index (κ1) is 16.2. The van der Waals surface area contributed by atoms with Crippen LogP contribution in [-0.4, -0.2) is 17.2 Å². The van der Waals surface area contributed by atoms with Crippen LogP contribution >= 0.6 is 7.37 Å². The molecule has 0 aliphatic heterocycles. The first-order valence-electron chi connectivity index (χ1n) is 6.79. The van der Waals surface area contributed by atoms with Crippen LogP contribution in [-0.2, 0) is 4.57 Å².